The van der Waals surface area contributed by atoms with E-state index in [1.807, 2.05) is 14.0 Å². The van der Waals surface area contributed by atoms with Crippen molar-refractivity contribution in [3.63, 3.8) is 0 Å². The predicted octanol–water partition coefficient (Wildman–Crippen LogP) is 2.32. The largest absolute Gasteiger partial charge is 0.316 e. The second-order valence-electron chi connectivity index (χ2n) is 4.59. The standard InChI is InChI=1S/C13H18F2N2/c1-9(17-7-6-10(8-17)16-2)11-4-3-5-12(14)13(11)15/h3-5,9-10,16H,6-8H2,1-2H3. The molecule has 1 fully saturated rings. The summed E-state index contributed by atoms with van der Waals surface area (Å²) in [7, 11) is 1.93. The summed E-state index contributed by atoms with van der Waals surface area (Å²) in [6.45, 7) is 3.73. The summed E-state index contributed by atoms with van der Waals surface area (Å²) < 4.78 is 26.8. The van der Waals surface area contributed by atoms with E-state index in [1.54, 1.807) is 12.1 Å². The molecule has 0 aromatic heterocycles. The molecule has 17 heavy (non-hydrogen) atoms. The van der Waals surface area contributed by atoms with Crippen LogP contribution in [0.5, 0.6) is 0 Å². The van der Waals surface area contributed by atoms with Crippen LogP contribution in [0.25, 0.3) is 0 Å². The predicted molar refractivity (Wildman–Crippen MR) is 63.8 cm³/mol. The van der Waals surface area contributed by atoms with Gasteiger partial charge in [-0.3, -0.25) is 4.90 Å². The van der Waals surface area contributed by atoms with Gasteiger partial charge in [-0.15, -0.1) is 0 Å². The van der Waals surface area contributed by atoms with Gasteiger partial charge in [0.2, 0.25) is 0 Å². The van der Waals surface area contributed by atoms with Crippen LogP contribution in [-0.2, 0) is 0 Å². The summed E-state index contributed by atoms with van der Waals surface area (Å²) in [5.74, 6) is -1.48. The first-order chi connectivity index (χ1) is 8.13. The molecule has 4 heteroatoms. The average Bonchev–Trinajstić information content (AvgIpc) is 2.80. The number of benzene rings is 1. The first kappa shape index (κ1) is 12.5. The Hall–Kier alpha value is -1.00. The molecule has 0 amide bonds. The quantitative estimate of drug-likeness (QED) is 0.872. The normalized spacial score (nSPS) is 22.9. The fourth-order valence-corrected chi connectivity index (χ4v) is 2.41. The lowest BCUT2D eigenvalue weighted by Crippen LogP contribution is -2.31. The number of nitrogens with one attached hydrogen (secondary N) is 1. The number of rotatable bonds is 3. The third-order valence-electron chi connectivity index (χ3n) is 3.61. The highest BCUT2D eigenvalue weighted by Crippen LogP contribution is 2.27. The van der Waals surface area contributed by atoms with Crippen molar-refractivity contribution in [3.05, 3.63) is 35.4 Å². The molecule has 2 unspecified atom stereocenters. The molecule has 0 radical (unpaired) electrons. The van der Waals surface area contributed by atoms with Crippen LogP contribution in [0, 0.1) is 11.6 Å². The molecule has 1 aliphatic heterocycles. The van der Waals surface area contributed by atoms with E-state index in [2.05, 4.69) is 10.2 Å². The molecule has 0 spiro atoms. The molecule has 0 saturated carbocycles. The molecule has 1 saturated heterocycles. The van der Waals surface area contributed by atoms with Crippen LogP contribution in [0.4, 0.5) is 8.78 Å². The maximum atomic E-state index is 13.7. The molecule has 1 aliphatic rings. The maximum Gasteiger partial charge on any atom is 0.163 e. The Morgan fingerprint density at radius 2 is 2.18 bits per heavy atom. The number of nitrogens with zero attached hydrogens (tertiary/aromatic N) is 1. The summed E-state index contributed by atoms with van der Waals surface area (Å²) in [5, 5.41) is 3.22. The Bertz CT molecular complexity index is 395. The van der Waals surface area contributed by atoms with Gasteiger partial charge in [-0.2, -0.15) is 0 Å². The second-order valence-corrected chi connectivity index (χ2v) is 4.59. The second kappa shape index (κ2) is 5.10. The van der Waals surface area contributed by atoms with Gasteiger partial charge in [0.1, 0.15) is 0 Å². The van der Waals surface area contributed by atoms with Crippen molar-refractivity contribution in [2.24, 2.45) is 0 Å². The lowest BCUT2D eigenvalue weighted by molar-refractivity contribution is 0.250. The first-order valence-electron chi connectivity index (χ1n) is 5.98. The molecular weight excluding hydrogens is 222 g/mol. The average molecular weight is 240 g/mol. The van der Waals surface area contributed by atoms with Gasteiger partial charge in [0, 0.05) is 30.7 Å². The van der Waals surface area contributed by atoms with Crippen LogP contribution in [0.1, 0.15) is 24.9 Å². The Morgan fingerprint density at radius 3 is 2.82 bits per heavy atom. The van der Waals surface area contributed by atoms with Crippen LogP contribution in [0.15, 0.2) is 18.2 Å². The highest BCUT2D eigenvalue weighted by atomic mass is 19.2. The van der Waals surface area contributed by atoms with Crippen molar-refractivity contribution >= 4 is 0 Å². The van der Waals surface area contributed by atoms with Gasteiger partial charge >= 0.3 is 0 Å². The van der Waals surface area contributed by atoms with Crippen LogP contribution >= 0.6 is 0 Å². The van der Waals surface area contributed by atoms with Gasteiger partial charge in [-0.1, -0.05) is 12.1 Å². The molecular formula is C13H18F2N2. The number of halogens is 2. The zero-order valence-electron chi connectivity index (χ0n) is 10.2. The van der Waals surface area contributed by atoms with E-state index < -0.39 is 11.6 Å². The van der Waals surface area contributed by atoms with Crippen molar-refractivity contribution in [2.45, 2.75) is 25.4 Å². The molecule has 94 valence electrons. The lowest BCUT2D eigenvalue weighted by atomic mass is 10.1. The third-order valence-corrected chi connectivity index (χ3v) is 3.61. The fourth-order valence-electron chi connectivity index (χ4n) is 2.41. The van der Waals surface area contributed by atoms with E-state index in [0.29, 0.717) is 11.6 Å². The molecule has 2 nitrogen and oxygen atoms in total. The van der Waals surface area contributed by atoms with Crippen molar-refractivity contribution in [1.29, 1.82) is 0 Å². The molecule has 0 aliphatic carbocycles. The Kier molecular flexibility index (Phi) is 3.74. The fraction of sp³-hybridized carbons (Fsp3) is 0.538. The van der Waals surface area contributed by atoms with Gasteiger partial charge in [0.25, 0.3) is 0 Å². The molecule has 1 aromatic rings. The molecule has 2 rings (SSSR count). The third kappa shape index (κ3) is 2.48. The highest BCUT2D eigenvalue weighted by molar-refractivity contribution is 5.22. The van der Waals surface area contributed by atoms with E-state index in [4.69, 9.17) is 0 Å². The van der Waals surface area contributed by atoms with Gasteiger partial charge < -0.3 is 5.32 Å². The number of likely N-dealkylation sites (tertiary alicyclic amines) is 1. The van der Waals surface area contributed by atoms with E-state index in [9.17, 15) is 8.78 Å². The van der Waals surface area contributed by atoms with Gasteiger partial charge in [0.05, 0.1) is 0 Å². The zero-order valence-corrected chi connectivity index (χ0v) is 10.2. The van der Waals surface area contributed by atoms with Crippen LogP contribution in [-0.4, -0.2) is 31.1 Å². The Balaban J connectivity index is 2.15. The topological polar surface area (TPSA) is 15.3 Å². The van der Waals surface area contributed by atoms with Crippen LogP contribution in [0.3, 0.4) is 0 Å². The minimum atomic E-state index is -0.765. The van der Waals surface area contributed by atoms with Gasteiger partial charge in [0.15, 0.2) is 11.6 Å². The van der Waals surface area contributed by atoms with Gasteiger partial charge in [-0.05, 0) is 26.5 Å². The summed E-state index contributed by atoms with van der Waals surface area (Å²) in [4.78, 5) is 2.18. The van der Waals surface area contributed by atoms with Crippen molar-refractivity contribution in [1.82, 2.24) is 10.2 Å². The summed E-state index contributed by atoms with van der Waals surface area (Å²) in [5.41, 5.74) is 0.446. The SMILES string of the molecule is CNC1CCN(C(C)c2cccc(F)c2F)C1. The molecule has 0 bridgehead atoms. The van der Waals surface area contributed by atoms with Crippen LogP contribution < -0.4 is 5.32 Å². The minimum Gasteiger partial charge on any atom is -0.316 e. The molecule has 1 heterocycles. The zero-order chi connectivity index (χ0) is 12.4. The summed E-state index contributed by atoms with van der Waals surface area (Å²) >= 11 is 0. The van der Waals surface area contributed by atoms with Gasteiger partial charge in [-0.25, -0.2) is 8.78 Å². The Morgan fingerprint density at radius 1 is 1.41 bits per heavy atom. The van der Waals surface area contributed by atoms with Crippen molar-refractivity contribution in [2.75, 3.05) is 20.1 Å². The molecule has 2 atom stereocenters. The monoisotopic (exact) mass is 240 g/mol. The van der Waals surface area contributed by atoms with E-state index in [0.717, 1.165) is 25.6 Å². The maximum absolute atomic E-state index is 13.7. The summed E-state index contributed by atoms with van der Waals surface area (Å²) in [6.07, 6.45) is 1.05. The summed E-state index contributed by atoms with van der Waals surface area (Å²) in [6, 6.07) is 4.76. The Labute approximate surface area is 101 Å². The van der Waals surface area contributed by atoms with Crippen LogP contribution in [0.2, 0.25) is 0 Å². The highest BCUT2D eigenvalue weighted by Gasteiger charge is 2.27. The molecule has 1 aromatic carbocycles. The number of hydrogen-bond donors (Lipinski definition) is 1. The number of hydrogen-bond acceptors (Lipinski definition) is 2. The first-order valence-corrected chi connectivity index (χ1v) is 5.98. The van der Waals surface area contributed by atoms with Crippen molar-refractivity contribution in [3.8, 4) is 0 Å². The van der Waals surface area contributed by atoms with E-state index >= 15 is 0 Å². The minimum absolute atomic E-state index is 0.0796. The van der Waals surface area contributed by atoms with E-state index in [-0.39, 0.29) is 6.04 Å². The van der Waals surface area contributed by atoms with E-state index in [1.165, 1.54) is 0 Å². The smallest absolute Gasteiger partial charge is 0.163 e. The lowest BCUT2D eigenvalue weighted by Gasteiger charge is -2.25. The number of likely N-dealkylation sites (N-methyl/N-ethyl adjacent to an activating group) is 1. The van der Waals surface area contributed by atoms with Crippen molar-refractivity contribution < 1.29 is 8.78 Å². The molecule has 1 N–H and O–H groups in total.